The molecule has 2 aromatic heterocycles. The van der Waals surface area contributed by atoms with Gasteiger partial charge in [-0.2, -0.15) is 5.10 Å². The standard InChI is InChI=1S/C17H15N3O2S/c1-22-19-16(21)10-9-13-12-20(14-6-3-2-4-7-14)18-17(13)15-8-5-11-23-15/h2-12H,1H3,(H,19,21)/b10-9+. The average molecular weight is 325 g/mol. The maximum atomic E-state index is 11.5. The number of nitrogens with one attached hydrogen (secondary N) is 1. The Hall–Kier alpha value is -2.70. The van der Waals surface area contributed by atoms with Gasteiger partial charge in [-0.25, -0.2) is 10.2 Å². The fourth-order valence-electron chi connectivity index (χ4n) is 2.13. The van der Waals surface area contributed by atoms with Gasteiger partial charge in [0.05, 0.1) is 17.7 Å². The van der Waals surface area contributed by atoms with Crippen LogP contribution in [0.3, 0.4) is 0 Å². The first-order valence-electron chi connectivity index (χ1n) is 6.98. The fraction of sp³-hybridized carbons (Fsp3) is 0.0588. The first-order chi connectivity index (χ1) is 11.3. The Morgan fingerprint density at radius 2 is 2.09 bits per heavy atom. The van der Waals surface area contributed by atoms with E-state index in [1.807, 2.05) is 58.7 Å². The van der Waals surface area contributed by atoms with Crippen LogP contribution < -0.4 is 5.48 Å². The average Bonchev–Trinajstić information content (AvgIpc) is 3.23. The van der Waals surface area contributed by atoms with Crippen LogP contribution in [0.25, 0.3) is 22.3 Å². The summed E-state index contributed by atoms with van der Waals surface area (Å²) in [6.07, 6.45) is 5.06. The van der Waals surface area contributed by atoms with E-state index in [2.05, 4.69) is 15.4 Å². The number of carbonyl (C=O) groups excluding carboxylic acids is 1. The Bertz CT molecular complexity index is 808. The summed E-state index contributed by atoms with van der Waals surface area (Å²) >= 11 is 1.61. The number of amides is 1. The maximum absolute atomic E-state index is 11.5. The van der Waals surface area contributed by atoms with Crippen molar-refractivity contribution in [3.63, 3.8) is 0 Å². The monoisotopic (exact) mass is 325 g/mol. The molecule has 0 aliphatic heterocycles. The molecule has 1 amide bonds. The highest BCUT2D eigenvalue weighted by Gasteiger charge is 2.11. The molecule has 1 N–H and O–H groups in total. The van der Waals surface area contributed by atoms with Crippen LogP contribution in [0, 0.1) is 0 Å². The zero-order valence-electron chi connectivity index (χ0n) is 12.5. The summed E-state index contributed by atoms with van der Waals surface area (Å²) in [5.41, 5.74) is 4.92. The lowest BCUT2D eigenvalue weighted by Crippen LogP contribution is -2.18. The molecule has 3 rings (SSSR count). The van der Waals surface area contributed by atoms with E-state index in [9.17, 15) is 4.79 Å². The van der Waals surface area contributed by atoms with Gasteiger partial charge in [0.1, 0.15) is 5.69 Å². The molecule has 116 valence electrons. The second-order valence-electron chi connectivity index (χ2n) is 4.69. The minimum absolute atomic E-state index is 0.322. The summed E-state index contributed by atoms with van der Waals surface area (Å²) in [5, 5.41) is 6.66. The summed E-state index contributed by atoms with van der Waals surface area (Å²) in [7, 11) is 1.40. The fourth-order valence-corrected chi connectivity index (χ4v) is 2.86. The SMILES string of the molecule is CONC(=O)/C=C/c1cn(-c2ccccc2)nc1-c1cccs1. The van der Waals surface area contributed by atoms with Crippen molar-refractivity contribution in [2.45, 2.75) is 0 Å². The largest absolute Gasteiger partial charge is 0.277 e. The lowest BCUT2D eigenvalue weighted by molar-refractivity contribution is -0.126. The maximum Gasteiger partial charge on any atom is 0.267 e. The molecule has 6 heteroatoms. The van der Waals surface area contributed by atoms with E-state index in [-0.39, 0.29) is 5.91 Å². The van der Waals surface area contributed by atoms with E-state index in [1.54, 1.807) is 17.4 Å². The second-order valence-corrected chi connectivity index (χ2v) is 5.64. The molecule has 0 radical (unpaired) electrons. The number of aromatic nitrogens is 2. The number of hydroxylamine groups is 1. The van der Waals surface area contributed by atoms with E-state index in [1.165, 1.54) is 13.2 Å². The Morgan fingerprint density at radius 1 is 1.26 bits per heavy atom. The third kappa shape index (κ3) is 3.56. The highest BCUT2D eigenvalue weighted by Crippen LogP contribution is 2.28. The van der Waals surface area contributed by atoms with Crippen LogP contribution in [0.2, 0.25) is 0 Å². The van der Waals surface area contributed by atoms with Crippen LogP contribution in [-0.2, 0) is 9.63 Å². The van der Waals surface area contributed by atoms with Crippen molar-refractivity contribution in [3.05, 3.63) is 65.7 Å². The van der Waals surface area contributed by atoms with Gasteiger partial charge in [-0.3, -0.25) is 9.63 Å². The molecule has 0 saturated heterocycles. The highest BCUT2D eigenvalue weighted by atomic mass is 32.1. The van der Waals surface area contributed by atoms with E-state index in [0.29, 0.717) is 0 Å². The van der Waals surface area contributed by atoms with Gasteiger partial charge in [-0.15, -0.1) is 11.3 Å². The smallest absolute Gasteiger partial charge is 0.267 e. The number of hydrogen-bond acceptors (Lipinski definition) is 4. The van der Waals surface area contributed by atoms with Gasteiger partial charge in [0, 0.05) is 17.8 Å². The molecule has 0 unspecified atom stereocenters. The van der Waals surface area contributed by atoms with E-state index in [4.69, 9.17) is 0 Å². The van der Waals surface area contributed by atoms with E-state index < -0.39 is 0 Å². The van der Waals surface area contributed by atoms with Gasteiger partial charge in [0.15, 0.2) is 0 Å². The molecule has 3 aromatic rings. The van der Waals surface area contributed by atoms with Crippen LogP contribution in [0.4, 0.5) is 0 Å². The van der Waals surface area contributed by atoms with Crippen molar-refractivity contribution in [3.8, 4) is 16.3 Å². The summed E-state index contributed by atoms with van der Waals surface area (Å²) in [6, 6.07) is 13.8. The van der Waals surface area contributed by atoms with Crippen molar-refractivity contribution in [1.82, 2.24) is 15.3 Å². The Kier molecular flexibility index (Phi) is 4.65. The number of rotatable bonds is 5. The van der Waals surface area contributed by atoms with Crippen LogP contribution >= 0.6 is 11.3 Å². The number of thiophene rings is 1. The minimum atomic E-state index is -0.322. The van der Waals surface area contributed by atoms with E-state index >= 15 is 0 Å². The summed E-state index contributed by atoms with van der Waals surface area (Å²) in [5.74, 6) is -0.322. The summed E-state index contributed by atoms with van der Waals surface area (Å²) in [6.45, 7) is 0. The van der Waals surface area contributed by atoms with Gasteiger partial charge in [0.25, 0.3) is 5.91 Å². The van der Waals surface area contributed by atoms with Gasteiger partial charge in [0.2, 0.25) is 0 Å². The molecular formula is C17H15N3O2S. The molecule has 0 saturated carbocycles. The van der Waals surface area contributed by atoms with E-state index in [0.717, 1.165) is 21.8 Å². The molecule has 1 aromatic carbocycles. The molecule has 0 aliphatic rings. The zero-order valence-corrected chi connectivity index (χ0v) is 13.3. The topological polar surface area (TPSA) is 56.1 Å². The molecule has 0 fully saturated rings. The number of carbonyl (C=O) groups is 1. The molecule has 2 heterocycles. The number of para-hydroxylation sites is 1. The predicted octanol–water partition coefficient (Wildman–Crippen LogP) is 3.29. The normalized spacial score (nSPS) is 11.0. The zero-order chi connectivity index (χ0) is 16.1. The van der Waals surface area contributed by atoms with Gasteiger partial charge in [-0.05, 0) is 29.7 Å². The predicted molar refractivity (Wildman–Crippen MR) is 91.1 cm³/mol. The number of benzene rings is 1. The lowest BCUT2D eigenvalue weighted by atomic mass is 10.2. The van der Waals surface area contributed by atoms with Crippen molar-refractivity contribution in [1.29, 1.82) is 0 Å². The van der Waals surface area contributed by atoms with Gasteiger partial charge < -0.3 is 0 Å². The van der Waals surface area contributed by atoms with Crippen molar-refractivity contribution in [2.75, 3.05) is 7.11 Å². The van der Waals surface area contributed by atoms with Crippen molar-refractivity contribution in [2.24, 2.45) is 0 Å². The Labute approximate surface area is 137 Å². The first-order valence-corrected chi connectivity index (χ1v) is 7.86. The second kappa shape index (κ2) is 7.04. The van der Waals surface area contributed by atoms with Crippen LogP contribution in [-0.4, -0.2) is 22.8 Å². The first kappa shape index (κ1) is 15.2. The van der Waals surface area contributed by atoms with Crippen molar-refractivity contribution >= 4 is 23.3 Å². The molecule has 0 aliphatic carbocycles. The van der Waals surface area contributed by atoms with Crippen molar-refractivity contribution < 1.29 is 9.63 Å². The third-order valence-electron chi connectivity index (χ3n) is 3.13. The quantitative estimate of drug-likeness (QED) is 0.578. The number of hydrogen-bond donors (Lipinski definition) is 1. The molecule has 23 heavy (non-hydrogen) atoms. The summed E-state index contributed by atoms with van der Waals surface area (Å²) in [4.78, 5) is 17.2. The van der Waals surface area contributed by atoms with Crippen LogP contribution in [0.5, 0.6) is 0 Å². The molecule has 0 atom stereocenters. The Morgan fingerprint density at radius 3 is 2.78 bits per heavy atom. The van der Waals surface area contributed by atoms with Crippen LogP contribution in [0.15, 0.2) is 60.1 Å². The highest BCUT2D eigenvalue weighted by molar-refractivity contribution is 7.13. The molecule has 0 spiro atoms. The summed E-state index contributed by atoms with van der Waals surface area (Å²) < 4.78 is 1.81. The van der Waals surface area contributed by atoms with Gasteiger partial charge >= 0.3 is 0 Å². The molecular weight excluding hydrogens is 310 g/mol. The lowest BCUT2D eigenvalue weighted by Gasteiger charge is -1.99. The molecule has 5 nitrogen and oxygen atoms in total. The Balaban J connectivity index is 2.00. The minimum Gasteiger partial charge on any atom is -0.277 e. The van der Waals surface area contributed by atoms with Gasteiger partial charge in [-0.1, -0.05) is 24.3 Å². The van der Waals surface area contributed by atoms with Crippen LogP contribution in [0.1, 0.15) is 5.56 Å². The third-order valence-corrected chi connectivity index (χ3v) is 4.01. The molecule has 0 bridgehead atoms. The number of nitrogens with zero attached hydrogens (tertiary/aromatic N) is 2.